The van der Waals surface area contributed by atoms with Crippen LogP contribution in [0.4, 0.5) is 39.5 Å². The van der Waals surface area contributed by atoms with Gasteiger partial charge in [-0.2, -0.15) is 35.1 Å². The fourth-order valence-corrected chi connectivity index (χ4v) is 1.94. The molecule has 0 aromatic carbocycles. The van der Waals surface area contributed by atoms with Gasteiger partial charge in [0.1, 0.15) is 0 Å². The van der Waals surface area contributed by atoms with Crippen molar-refractivity contribution in [3.05, 3.63) is 0 Å². The zero-order valence-electron chi connectivity index (χ0n) is 12.4. The number of rotatable bonds is 9. The summed E-state index contributed by atoms with van der Waals surface area (Å²) in [4.78, 5) is 0. The minimum absolute atomic E-state index is 0. The molecule has 0 saturated carbocycles. The van der Waals surface area contributed by atoms with Gasteiger partial charge in [-0.15, -0.1) is 0 Å². The van der Waals surface area contributed by atoms with Crippen molar-refractivity contribution in [1.82, 2.24) is 0 Å². The Morgan fingerprint density at radius 3 is 1.67 bits per heavy atom. The van der Waals surface area contributed by atoms with Gasteiger partial charge in [-0.05, 0) is 6.42 Å². The van der Waals surface area contributed by atoms with E-state index in [9.17, 15) is 52.5 Å². The molecule has 0 bridgehead atoms. The normalized spacial score (nSPS) is 15.8. The van der Waals surface area contributed by atoms with Gasteiger partial charge in [-0.25, -0.2) is 12.8 Å². The van der Waals surface area contributed by atoms with Crippen molar-refractivity contribution in [2.75, 3.05) is 0 Å². The van der Waals surface area contributed by atoms with Gasteiger partial charge in [0.2, 0.25) is 0 Å². The first-order valence-corrected chi connectivity index (χ1v) is 7.50. The van der Waals surface area contributed by atoms with E-state index >= 15 is 0 Å². The molecule has 1 unspecified atom stereocenters. The van der Waals surface area contributed by atoms with Gasteiger partial charge in [-0.1, -0.05) is 26.2 Å². The fraction of sp³-hybridized carbons (Fsp3) is 1.00. The first-order chi connectivity index (χ1) is 9.98. The summed E-state index contributed by atoms with van der Waals surface area (Å²) in [5.41, 5.74) is 0. The summed E-state index contributed by atoms with van der Waals surface area (Å²) >= 11 is 0. The Balaban J connectivity index is 0. The van der Waals surface area contributed by atoms with Crippen molar-refractivity contribution in [2.45, 2.75) is 61.8 Å². The maximum absolute atomic E-state index is 13.2. The molecule has 0 aromatic heterocycles. The zero-order chi connectivity index (χ0) is 18.9. The molecule has 0 spiro atoms. The maximum atomic E-state index is 13.2. The van der Waals surface area contributed by atoms with Gasteiger partial charge in [0, 0.05) is 0 Å². The molecular weight excluding hydrogens is 378 g/mol. The molecule has 0 fully saturated rings. The summed E-state index contributed by atoms with van der Waals surface area (Å²) in [6, 6.07) is 0. The quantitative estimate of drug-likeness (QED) is 0.255. The minimum atomic E-state index is -7.42. The summed E-state index contributed by atoms with van der Waals surface area (Å²) in [6.07, 6.45) is -5.31. The summed E-state index contributed by atoms with van der Waals surface area (Å²) < 4.78 is 147. The molecule has 0 radical (unpaired) electrons. The van der Waals surface area contributed by atoms with Crippen LogP contribution in [-0.4, -0.2) is 42.2 Å². The Morgan fingerprint density at radius 1 is 0.917 bits per heavy atom. The van der Waals surface area contributed by atoms with E-state index in [1.807, 2.05) is 0 Å². The summed E-state index contributed by atoms with van der Waals surface area (Å²) in [7, 11) is -7.42. The molecule has 0 heterocycles. The molecule has 0 rings (SSSR count). The third-order valence-corrected chi connectivity index (χ3v) is 3.83. The molecule has 24 heavy (non-hydrogen) atoms. The summed E-state index contributed by atoms with van der Waals surface area (Å²) in [5.74, 6) is -20.8. The molecule has 0 aliphatic heterocycles. The standard InChI is InChI=1S/C10H13F9O3S.Li/c1-2-3-4-5-6(11)7(12,13)8(14,15)9(16,17)10(18,19)23(20,21)22;/h6H,2-5H2,1H3,(H,20,21,22);/q;+1/p-1. The van der Waals surface area contributed by atoms with Crippen LogP contribution in [0.15, 0.2) is 0 Å². The Bertz CT molecular complexity index is 510. The molecule has 14 heteroatoms. The number of unbranched alkanes of at least 4 members (excludes halogenated alkanes) is 2. The monoisotopic (exact) mass is 390 g/mol. The Labute approximate surface area is 143 Å². The van der Waals surface area contributed by atoms with E-state index < -0.39 is 52.2 Å². The van der Waals surface area contributed by atoms with E-state index in [1.54, 1.807) is 0 Å². The van der Waals surface area contributed by atoms with Gasteiger partial charge in [0.25, 0.3) is 0 Å². The second-order valence-corrected chi connectivity index (χ2v) is 6.13. The molecule has 0 aromatic rings. The van der Waals surface area contributed by atoms with Crippen LogP contribution in [0.3, 0.4) is 0 Å². The average Bonchev–Trinajstić information content (AvgIpc) is 2.36. The van der Waals surface area contributed by atoms with Crippen molar-refractivity contribution < 1.29 is 71.3 Å². The number of halogens is 9. The number of hydrogen-bond donors (Lipinski definition) is 0. The van der Waals surface area contributed by atoms with Crippen molar-refractivity contribution in [3.8, 4) is 0 Å². The van der Waals surface area contributed by atoms with E-state index in [0.717, 1.165) is 0 Å². The minimum Gasteiger partial charge on any atom is -0.743 e. The van der Waals surface area contributed by atoms with Crippen molar-refractivity contribution >= 4 is 10.1 Å². The van der Waals surface area contributed by atoms with Gasteiger partial charge in [0.05, 0.1) is 0 Å². The first kappa shape index (κ1) is 26.1. The molecule has 0 aliphatic carbocycles. The van der Waals surface area contributed by atoms with Crippen LogP contribution in [-0.2, 0) is 10.1 Å². The van der Waals surface area contributed by atoms with Crippen LogP contribution in [0.2, 0.25) is 0 Å². The smallest absolute Gasteiger partial charge is 0.743 e. The molecule has 140 valence electrons. The van der Waals surface area contributed by atoms with E-state index in [2.05, 4.69) is 0 Å². The second kappa shape index (κ2) is 8.05. The Kier molecular flexibility index (Phi) is 8.76. The molecule has 1 atom stereocenters. The van der Waals surface area contributed by atoms with Crippen LogP contribution >= 0.6 is 0 Å². The topological polar surface area (TPSA) is 57.2 Å². The maximum Gasteiger partial charge on any atom is 1.00 e. The predicted molar refractivity (Wildman–Crippen MR) is 58.5 cm³/mol. The number of hydrogen-bond acceptors (Lipinski definition) is 3. The first-order valence-electron chi connectivity index (χ1n) is 6.09. The average molecular weight is 390 g/mol. The molecular formula is C10H12F9LiO3S. The third kappa shape index (κ3) is 4.34. The van der Waals surface area contributed by atoms with Gasteiger partial charge in [-0.3, -0.25) is 0 Å². The molecule has 0 aliphatic rings. The molecule has 0 N–H and O–H groups in total. The van der Waals surface area contributed by atoms with E-state index in [-0.39, 0.29) is 25.3 Å². The Hall–Kier alpha value is -0.123. The van der Waals surface area contributed by atoms with Crippen LogP contribution in [0.5, 0.6) is 0 Å². The molecule has 0 amide bonds. The van der Waals surface area contributed by atoms with Crippen molar-refractivity contribution in [1.29, 1.82) is 0 Å². The summed E-state index contributed by atoms with van der Waals surface area (Å²) in [6.45, 7) is 1.52. The van der Waals surface area contributed by atoms with Crippen LogP contribution in [0.1, 0.15) is 32.6 Å². The van der Waals surface area contributed by atoms with Gasteiger partial charge < -0.3 is 4.55 Å². The Morgan fingerprint density at radius 2 is 1.33 bits per heavy atom. The van der Waals surface area contributed by atoms with E-state index in [1.165, 1.54) is 6.92 Å². The third-order valence-electron chi connectivity index (χ3n) is 2.95. The van der Waals surface area contributed by atoms with Crippen LogP contribution < -0.4 is 18.9 Å². The largest absolute Gasteiger partial charge is 1.00 e. The van der Waals surface area contributed by atoms with Crippen LogP contribution in [0.25, 0.3) is 0 Å². The van der Waals surface area contributed by atoms with Crippen molar-refractivity contribution in [3.63, 3.8) is 0 Å². The van der Waals surface area contributed by atoms with E-state index in [4.69, 9.17) is 0 Å². The van der Waals surface area contributed by atoms with E-state index in [0.29, 0.717) is 6.42 Å². The molecule has 0 saturated heterocycles. The fourth-order valence-electron chi connectivity index (χ4n) is 1.50. The summed E-state index contributed by atoms with van der Waals surface area (Å²) in [5, 5.41) is -7.06. The zero-order valence-corrected chi connectivity index (χ0v) is 13.3. The van der Waals surface area contributed by atoms with Crippen molar-refractivity contribution in [2.24, 2.45) is 0 Å². The molecule has 3 nitrogen and oxygen atoms in total. The van der Waals surface area contributed by atoms with Gasteiger partial charge in [0.15, 0.2) is 16.3 Å². The SMILES string of the molecule is CCCCCC(F)C(F)(F)C(F)(F)C(F)(F)C(F)(F)S(=O)(=O)[O-].[Li+]. The van der Waals surface area contributed by atoms with Crippen LogP contribution in [0, 0.1) is 0 Å². The second-order valence-electron chi connectivity index (χ2n) is 4.71. The van der Waals surface area contributed by atoms with Gasteiger partial charge >= 0.3 is 41.9 Å². The predicted octanol–water partition coefficient (Wildman–Crippen LogP) is 0.953. The number of alkyl halides is 9.